The molecule has 1 fully saturated rings. The van der Waals surface area contributed by atoms with Gasteiger partial charge >= 0.3 is 0 Å². The summed E-state index contributed by atoms with van der Waals surface area (Å²) in [6.45, 7) is 0. The van der Waals surface area contributed by atoms with Crippen LogP contribution in [-0.2, 0) is 14.8 Å². The quantitative estimate of drug-likeness (QED) is 0.175. The molecule has 1 aromatic heterocycles. The number of anilines is 4. The van der Waals surface area contributed by atoms with Crippen LogP contribution in [0.5, 0.6) is 11.5 Å². The van der Waals surface area contributed by atoms with Gasteiger partial charge < -0.3 is 20.5 Å². The Balaban J connectivity index is 1.25. The van der Waals surface area contributed by atoms with E-state index in [2.05, 4.69) is 25.3 Å². The van der Waals surface area contributed by atoms with Gasteiger partial charge in [-0.1, -0.05) is 48.5 Å². The van der Waals surface area contributed by atoms with E-state index in [1.165, 1.54) is 31.4 Å². The smallest absolute Gasteiger partial charge is 0.263 e. The highest BCUT2D eigenvalue weighted by Gasteiger charge is 2.43. The Kier molecular flexibility index (Phi) is 7.09. The predicted molar refractivity (Wildman–Crippen MR) is 161 cm³/mol. The first-order chi connectivity index (χ1) is 20.3. The number of carbonyl (C=O) groups excluding carboxylic acids is 1. The van der Waals surface area contributed by atoms with E-state index >= 15 is 0 Å². The zero-order valence-corrected chi connectivity index (χ0v) is 23.3. The fraction of sp³-hybridized carbons (Fsp3) is 0.129. The molecule has 2 atom stereocenters. The minimum atomic E-state index is -4.15. The molecular formula is C31H27N5O5S. The number of phenols is 1. The average molecular weight is 582 g/mol. The van der Waals surface area contributed by atoms with Crippen LogP contribution < -0.4 is 20.1 Å². The number of methoxy groups -OCH3 is 1. The number of nitrogens with zero attached hydrogens (tertiary/aromatic N) is 2. The molecule has 10 nitrogen and oxygen atoms in total. The van der Waals surface area contributed by atoms with E-state index in [1.807, 2.05) is 30.3 Å². The van der Waals surface area contributed by atoms with Crippen LogP contribution in [0.3, 0.4) is 0 Å². The number of aromatic hydroxyl groups is 1. The second kappa shape index (κ2) is 11.0. The minimum absolute atomic E-state index is 0.0471. The van der Waals surface area contributed by atoms with Crippen molar-refractivity contribution in [1.82, 2.24) is 9.97 Å². The molecule has 1 saturated carbocycles. The summed E-state index contributed by atoms with van der Waals surface area (Å²) in [6, 6.07) is 27.5. The van der Waals surface area contributed by atoms with Crippen molar-refractivity contribution in [1.29, 1.82) is 0 Å². The molecule has 1 aliphatic carbocycles. The molecule has 4 aromatic carbocycles. The van der Waals surface area contributed by atoms with E-state index in [-0.39, 0.29) is 40.0 Å². The molecule has 0 bridgehead atoms. The lowest BCUT2D eigenvalue weighted by Crippen LogP contribution is -2.17. The van der Waals surface area contributed by atoms with Gasteiger partial charge in [-0.2, -0.15) is 0 Å². The Hall–Kier alpha value is -5.16. The summed E-state index contributed by atoms with van der Waals surface area (Å²) < 4.78 is 34.8. The first kappa shape index (κ1) is 27.0. The van der Waals surface area contributed by atoms with E-state index < -0.39 is 10.0 Å². The third-order valence-corrected chi connectivity index (χ3v) is 8.29. The van der Waals surface area contributed by atoms with Crippen LogP contribution >= 0.6 is 0 Å². The lowest BCUT2D eigenvalue weighted by atomic mass is 10.1. The van der Waals surface area contributed by atoms with Crippen LogP contribution in [0.25, 0.3) is 11.0 Å². The first-order valence-electron chi connectivity index (χ1n) is 13.2. The number of phenolic OH excluding ortho intramolecular Hbond substituents is 1. The summed E-state index contributed by atoms with van der Waals surface area (Å²) in [5, 5.41) is 16.0. The molecule has 0 radical (unpaired) electrons. The van der Waals surface area contributed by atoms with E-state index in [0.29, 0.717) is 28.2 Å². The molecule has 11 heteroatoms. The number of nitrogens with one attached hydrogen (secondary N) is 3. The summed E-state index contributed by atoms with van der Waals surface area (Å²) in [7, 11) is -2.68. The highest BCUT2D eigenvalue weighted by Crippen LogP contribution is 2.48. The van der Waals surface area contributed by atoms with Gasteiger partial charge in [-0.05, 0) is 48.2 Å². The Bertz CT molecular complexity index is 1900. The number of aromatic nitrogens is 2. The largest absolute Gasteiger partial charge is 0.508 e. The lowest BCUT2D eigenvalue weighted by Gasteiger charge is -2.15. The number of sulfonamides is 1. The van der Waals surface area contributed by atoms with Crippen molar-refractivity contribution in [2.24, 2.45) is 5.92 Å². The molecule has 5 aromatic rings. The number of carbonyl (C=O) groups is 1. The standard InChI is InChI=1S/C31H27N5O5S/c1-41-23-15-21(14-22(37)17-23)32-29-30(35-28-13-6-5-12-27(28)34-29)36-42(39,40)24-11-7-10-20(16-24)33-31(38)26-18-25(26)19-8-3-2-4-9-19/h2-17,25-26,37H,18H2,1H3,(H,32,34)(H,33,38)(H,35,36)/t25-,26+/m0/s1. The van der Waals surface area contributed by atoms with E-state index in [1.54, 1.807) is 42.5 Å². The van der Waals surface area contributed by atoms with Crippen molar-refractivity contribution in [3.63, 3.8) is 0 Å². The van der Waals surface area contributed by atoms with Gasteiger partial charge in [0.1, 0.15) is 11.5 Å². The van der Waals surface area contributed by atoms with Gasteiger partial charge in [0.05, 0.1) is 23.0 Å². The van der Waals surface area contributed by atoms with Crippen LogP contribution in [0.4, 0.5) is 23.0 Å². The van der Waals surface area contributed by atoms with Crippen LogP contribution in [0, 0.1) is 5.92 Å². The van der Waals surface area contributed by atoms with Gasteiger partial charge in [0.2, 0.25) is 5.91 Å². The molecule has 1 heterocycles. The highest BCUT2D eigenvalue weighted by atomic mass is 32.2. The maximum absolute atomic E-state index is 13.5. The molecule has 0 saturated heterocycles. The van der Waals surface area contributed by atoms with Crippen LogP contribution in [0.1, 0.15) is 17.9 Å². The van der Waals surface area contributed by atoms with Crippen LogP contribution in [0.2, 0.25) is 0 Å². The predicted octanol–water partition coefficient (Wildman–Crippen LogP) is 5.63. The third kappa shape index (κ3) is 5.81. The third-order valence-electron chi connectivity index (χ3n) is 6.96. The monoisotopic (exact) mass is 581 g/mol. The van der Waals surface area contributed by atoms with Crippen molar-refractivity contribution in [2.75, 3.05) is 22.5 Å². The second-order valence-corrected chi connectivity index (χ2v) is 11.6. The van der Waals surface area contributed by atoms with Crippen molar-refractivity contribution in [3.05, 3.63) is 103 Å². The number of benzene rings is 4. The van der Waals surface area contributed by atoms with E-state index in [9.17, 15) is 18.3 Å². The van der Waals surface area contributed by atoms with Crippen LogP contribution in [0.15, 0.2) is 102 Å². The van der Waals surface area contributed by atoms with Gasteiger partial charge in [0.15, 0.2) is 11.6 Å². The summed E-state index contributed by atoms with van der Waals surface area (Å²) in [5.41, 5.74) is 2.91. The topological polar surface area (TPSA) is 143 Å². The Morgan fingerprint density at radius 3 is 2.31 bits per heavy atom. The molecule has 6 rings (SSSR count). The molecule has 42 heavy (non-hydrogen) atoms. The summed E-state index contributed by atoms with van der Waals surface area (Å²) in [4.78, 5) is 21.9. The zero-order valence-electron chi connectivity index (χ0n) is 22.5. The summed E-state index contributed by atoms with van der Waals surface area (Å²) in [6.07, 6.45) is 0.747. The average Bonchev–Trinajstić information content (AvgIpc) is 3.79. The second-order valence-electron chi connectivity index (χ2n) is 9.94. The fourth-order valence-electron chi connectivity index (χ4n) is 4.78. The van der Waals surface area contributed by atoms with Gasteiger partial charge in [0, 0.05) is 35.5 Å². The summed E-state index contributed by atoms with van der Waals surface area (Å²) >= 11 is 0. The fourth-order valence-corrected chi connectivity index (χ4v) is 5.84. The number of para-hydroxylation sites is 2. The van der Waals surface area contributed by atoms with Gasteiger partial charge in [-0.15, -0.1) is 0 Å². The number of hydrogen-bond donors (Lipinski definition) is 4. The highest BCUT2D eigenvalue weighted by molar-refractivity contribution is 7.92. The molecule has 1 amide bonds. The molecule has 0 unspecified atom stereocenters. The molecule has 0 spiro atoms. The Morgan fingerprint density at radius 2 is 1.57 bits per heavy atom. The van der Waals surface area contributed by atoms with Crippen molar-refractivity contribution < 1.29 is 23.1 Å². The van der Waals surface area contributed by atoms with Crippen molar-refractivity contribution >= 4 is 50.0 Å². The van der Waals surface area contributed by atoms with Gasteiger partial charge in [-0.25, -0.2) is 18.4 Å². The molecule has 0 aliphatic heterocycles. The minimum Gasteiger partial charge on any atom is -0.508 e. The van der Waals surface area contributed by atoms with E-state index in [0.717, 1.165) is 12.0 Å². The van der Waals surface area contributed by atoms with E-state index in [4.69, 9.17) is 4.74 Å². The normalized spacial score (nSPS) is 16.0. The number of fused-ring (bicyclic) bond motifs is 1. The lowest BCUT2D eigenvalue weighted by molar-refractivity contribution is -0.117. The maximum atomic E-state index is 13.5. The number of rotatable bonds is 9. The van der Waals surface area contributed by atoms with Gasteiger partial charge in [0.25, 0.3) is 10.0 Å². The molecule has 4 N–H and O–H groups in total. The van der Waals surface area contributed by atoms with Crippen molar-refractivity contribution in [2.45, 2.75) is 17.2 Å². The maximum Gasteiger partial charge on any atom is 0.263 e. The first-order valence-corrected chi connectivity index (χ1v) is 14.7. The molecule has 212 valence electrons. The molecular weight excluding hydrogens is 554 g/mol. The summed E-state index contributed by atoms with van der Waals surface area (Å²) in [5.74, 6) is 0.261. The molecule has 1 aliphatic rings. The van der Waals surface area contributed by atoms with Crippen LogP contribution in [-0.4, -0.2) is 36.5 Å². The van der Waals surface area contributed by atoms with Crippen molar-refractivity contribution in [3.8, 4) is 11.5 Å². The zero-order chi connectivity index (χ0) is 29.3. The SMILES string of the molecule is COc1cc(O)cc(Nc2nc3ccccc3nc2NS(=O)(=O)c2cccc(NC(=O)[C@@H]3C[C@H]3c3ccccc3)c2)c1. The number of hydrogen-bond acceptors (Lipinski definition) is 8. The number of amides is 1. The van der Waals surface area contributed by atoms with Gasteiger partial charge in [-0.3, -0.25) is 9.52 Å². The Morgan fingerprint density at radius 1 is 0.857 bits per heavy atom. The number of ether oxygens (including phenoxy) is 1. The Labute approximate surface area is 242 Å².